The Morgan fingerprint density at radius 3 is 2.35 bits per heavy atom. The van der Waals surface area contributed by atoms with Gasteiger partial charge in [0, 0.05) is 6.42 Å². The van der Waals surface area contributed by atoms with Gasteiger partial charge in [0.1, 0.15) is 5.76 Å². The van der Waals surface area contributed by atoms with Gasteiger partial charge >= 0.3 is 0 Å². The van der Waals surface area contributed by atoms with Crippen molar-refractivity contribution in [2.75, 3.05) is 13.2 Å². The van der Waals surface area contributed by atoms with Gasteiger partial charge < -0.3 is 10.1 Å². The predicted octanol–water partition coefficient (Wildman–Crippen LogP) is 3.88. The molecule has 0 aromatic rings. The fourth-order valence-corrected chi connectivity index (χ4v) is 6.08. The van der Waals surface area contributed by atoms with Gasteiger partial charge in [-0.3, -0.25) is 0 Å². The third kappa shape index (κ3) is 2.11. The van der Waals surface area contributed by atoms with Crippen LogP contribution in [0.3, 0.4) is 0 Å². The zero-order valence-corrected chi connectivity index (χ0v) is 12.9. The highest BCUT2D eigenvalue weighted by molar-refractivity contribution is 5.17. The van der Waals surface area contributed by atoms with Crippen LogP contribution < -0.4 is 5.32 Å². The van der Waals surface area contributed by atoms with Crippen molar-refractivity contribution >= 4 is 0 Å². The summed E-state index contributed by atoms with van der Waals surface area (Å²) in [4.78, 5) is 0. The van der Waals surface area contributed by atoms with Crippen molar-refractivity contribution in [1.29, 1.82) is 0 Å². The molecule has 112 valence electrons. The molecular weight excluding hydrogens is 246 g/mol. The highest BCUT2D eigenvalue weighted by Crippen LogP contribution is 2.62. The summed E-state index contributed by atoms with van der Waals surface area (Å²) in [6.07, 6.45) is 13.7. The lowest BCUT2D eigenvalue weighted by Crippen LogP contribution is -2.56. The molecule has 1 aliphatic heterocycles. The van der Waals surface area contributed by atoms with E-state index in [1.807, 2.05) is 0 Å². The third-order valence-corrected chi connectivity index (χ3v) is 6.31. The van der Waals surface area contributed by atoms with E-state index in [9.17, 15) is 0 Å². The minimum Gasteiger partial charge on any atom is -0.496 e. The molecule has 0 spiro atoms. The Labute approximate surface area is 123 Å². The fourth-order valence-electron chi connectivity index (χ4n) is 6.08. The first-order valence-corrected chi connectivity index (χ1v) is 8.85. The lowest BCUT2D eigenvalue weighted by Gasteiger charge is -2.59. The topological polar surface area (TPSA) is 21.3 Å². The number of ether oxygens (including phenoxy) is 1. The second-order valence-electron chi connectivity index (χ2n) is 7.91. The summed E-state index contributed by atoms with van der Waals surface area (Å²) in [6, 6.07) is 0.512. The Kier molecular flexibility index (Phi) is 3.33. The summed E-state index contributed by atoms with van der Waals surface area (Å²) in [6.45, 7) is 4.31. The Balaban J connectivity index is 1.61. The first-order valence-electron chi connectivity index (χ1n) is 8.85. The van der Waals surface area contributed by atoms with Gasteiger partial charge in [0.25, 0.3) is 0 Å². The molecule has 4 aliphatic carbocycles. The Bertz CT molecular complexity index is 365. The number of hydrogen-bond donors (Lipinski definition) is 1. The van der Waals surface area contributed by atoms with Gasteiger partial charge in [0.15, 0.2) is 0 Å². The molecular formula is C18H29NO. The second-order valence-corrected chi connectivity index (χ2v) is 7.91. The molecule has 0 aromatic carbocycles. The molecule has 1 N–H and O–H groups in total. The summed E-state index contributed by atoms with van der Waals surface area (Å²) in [7, 11) is 0. The molecule has 4 saturated carbocycles. The van der Waals surface area contributed by atoms with Crippen molar-refractivity contribution in [2.45, 2.75) is 64.3 Å². The van der Waals surface area contributed by atoms with Crippen LogP contribution in [0.4, 0.5) is 0 Å². The van der Waals surface area contributed by atoms with E-state index in [4.69, 9.17) is 4.74 Å². The molecule has 1 unspecified atom stereocenters. The van der Waals surface area contributed by atoms with Gasteiger partial charge in [0.2, 0.25) is 0 Å². The number of nitrogens with one attached hydrogen (secondary N) is 1. The molecule has 1 atom stereocenters. The first-order chi connectivity index (χ1) is 9.79. The Hall–Kier alpha value is -0.500. The van der Waals surface area contributed by atoms with Gasteiger partial charge in [-0.1, -0.05) is 6.92 Å². The van der Waals surface area contributed by atoms with Crippen molar-refractivity contribution in [1.82, 2.24) is 5.32 Å². The standard InChI is InChI=1S/C18H29NO/c1-2-5-19-17(16-4-3-6-20-16)18-10-13-7-14(11-18)9-15(8-13)12-18/h4,13-15,17,19H,2-3,5-12H2,1H3. The van der Waals surface area contributed by atoms with E-state index in [1.54, 1.807) is 0 Å². The van der Waals surface area contributed by atoms with Crippen molar-refractivity contribution in [3.8, 4) is 0 Å². The molecule has 4 fully saturated rings. The van der Waals surface area contributed by atoms with Crippen LogP contribution in [-0.4, -0.2) is 19.2 Å². The van der Waals surface area contributed by atoms with Crippen molar-refractivity contribution in [2.24, 2.45) is 23.2 Å². The highest BCUT2D eigenvalue weighted by atomic mass is 16.5. The first kappa shape index (κ1) is 13.2. The smallest absolute Gasteiger partial charge is 0.110 e. The molecule has 2 nitrogen and oxygen atoms in total. The van der Waals surface area contributed by atoms with Gasteiger partial charge in [-0.15, -0.1) is 0 Å². The Morgan fingerprint density at radius 1 is 1.20 bits per heavy atom. The zero-order valence-electron chi connectivity index (χ0n) is 12.9. The monoisotopic (exact) mass is 275 g/mol. The normalized spacial score (nSPS) is 43.5. The summed E-state index contributed by atoms with van der Waals surface area (Å²) in [5.41, 5.74) is 0.528. The molecule has 4 bridgehead atoms. The van der Waals surface area contributed by atoms with E-state index in [2.05, 4.69) is 18.3 Å². The molecule has 2 heteroatoms. The molecule has 0 saturated heterocycles. The van der Waals surface area contributed by atoms with E-state index in [0.29, 0.717) is 11.5 Å². The van der Waals surface area contributed by atoms with Crippen LogP contribution in [0.5, 0.6) is 0 Å². The maximum absolute atomic E-state index is 6.00. The van der Waals surface area contributed by atoms with Gasteiger partial charge in [-0.25, -0.2) is 0 Å². The van der Waals surface area contributed by atoms with E-state index < -0.39 is 0 Å². The van der Waals surface area contributed by atoms with Crippen LogP contribution in [0.1, 0.15) is 58.3 Å². The minimum absolute atomic E-state index is 0.512. The van der Waals surface area contributed by atoms with Crippen LogP contribution in [0, 0.1) is 23.2 Å². The van der Waals surface area contributed by atoms with Crippen molar-refractivity contribution in [3.63, 3.8) is 0 Å². The van der Waals surface area contributed by atoms with Crippen LogP contribution in [0.15, 0.2) is 11.8 Å². The van der Waals surface area contributed by atoms with Gasteiger partial charge in [-0.05, 0) is 80.7 Å². The lowest BCUT2D eigenvalue weighted by atomic mass is 9.47. The minimum atomic E-state index is 0.512. The van der Waals surface area contributed by atoms with Crippen LogP contribution in [0.2, 0.25) is 0 Å². The van der Waals surface area contributed by atoms with Crippen molar-refractivity contribution < 1.29 is 4.74 Å². The molecule has 20 heavy (non-hydrogen) atoms. The van der Waals surface area contributed by atoms with E-state index >= 15 is 0 Å². The van der Waals surface area contributed by atoms with Crippen molar-refractivity contribution in [3.05, 3.63) is 11.8 Å². The SMILES string of the molecule is CCCNC(C1=CCCO1)C12CC3CC(CC(C3)C1)C2. The lowest BCUT2D eigenvalue weighted by molar-refractivity contribution is -0.0744. The maximum atomic E-state index is 6.00. The Morgan fingerprint density at radius 2 is 1.85 bits per heavy atom. The maximum Gasteiger partial charge on any atom is 0.110 e. The van der Waals surface area contributed by atoms with Crippen LogP contribution in [-0.2, 0) is 4.74 Å². The van der Waals surface area contributed by atoms with E-state index in [-0.39, 0.29) is 0 Å². The van der Waals surface area contributed by atoms with Crippen LogP contribution >= 0.6 is 0 Å². The summed E-state index contributed by atoms with van der Waals surface area (Å²) in [5, 5.41) is 3.88. The quantitative estimate of drug-likeness (QED) is 0.822. The van der Waals surface area contributed by atoms with Crippen LogP contribution in [0.25, 0.3) is 0 Å². The second kappa shape index (κ2) is 5.05. The highest BCUT2D eigenvalue weighted by Gasteiger charge is 2.55. The summed E-state index contributed by atoms with van der Waals surface area (Å²) >= 11 is 0. The van der Waals surface area contributed by atoms with Gasteiger partial charge in [0.05, 0.1) is 12.6 Å². The third-order valence-electron chi connectivity index (χ3n) is 6.31. The molecule has 0 aromatic heterocycles. The van der Waals surface area contributed by atoms with Gasteiger partial charge in [-0.2, -0.15) is 0 Å². The fraction of sp³-hybridized carbons (Fsp3) is 0.889. The van der Waals surface area contributed by atoms with E-state index in [0.717, 1.165) is 37.3 Å². The predicted molar refractivity (Wildman–Crippen MR) is 81.3 cm³/mol. The molecule has 5 aliphatic rings. The number of rotatable bonds is 5. The summed E-state index contributed by atoms with van der Waals surface area (Å²) in [5.74, 6) is 4.36. The summed E-state index contributed by atoms with van der Waals surface area (Å²) < 4.78 is 6.00. The van der Waals surface area contributed by atoms with E-state index in [1.165, 1.54) is 50.7 Å². The number of hydrogen-bond acceptors (Lipinski definition) is 2. The average molecular weight is 275 g/mol. The largest absolute Gasteiger partial charge is 0.496 e. The molecule has 5 rings (SSSR count). The zero-order chi connectivity index (χ0) is 13.6. The average Bonchev–Trinajstić information content (AvgIpc) is 2.91. The molecule has 0 radical (unpaired) electrons. The molecule has 0 amide bonds. The molecule has 1 heterocycles.